The van der Waals surface area contributed by atoms with Gasteiger partial charge in [-0.25, -0.2) is 4.98 Å². The number of pyridine rings is 1. The van der Waals surface area contributed by atoms with Crippen molar-refractivity contribution in [1.29, 1.82) is 0 Å². The summed E-state index contributed by atoms with van der Waals surface area (Å²) in [6.45, 7) is 1.10. The summed E-state index contributed by atoms with van der Waals surface area (Å²) in [5.41, 5.74) is 6.96. The molecule has 0 amide bonds. The third kappa shape index (κ3) is 2.36. The summed E-state index contributed by atoms with van der Waals surface area (Å²) >= 11 is 0. The van der Waals surface area contributed by atoms with Crippen LogP contribution in [0.25, 0.3) is 0 Å². The summed E-state index contributed by atoms with van der Waals surface area (Å²) in [5.74, 6) is 0.668. The molecule has 14 heavy (non-hydrogen) atoms. The highest BCUT2D eigenvalue weighted by atomic mass is 35.5. The lowest BCUT2D eigenvalue weighted by atomic mass is 9.98. The van der Waals surface area contributed by atoms with Crippen molar-refractivity contribution in [3.63, 3.8) is 0 Å². The van der Waals surface area contributed by atoms with Gasteiger partial charge in [0, 0.05) is 17.8 Å². The van der Waals surface area contributed by atoms with Gasteiger partial charge < -0.3 is 11.1 Å². The standard InChI is InChI=1S/C10H15N3.ClH/c11-10-8(4-3-7-13-10)9-5-1-2-6-12-9;/h3-4,7,9,12H,1-2,5-6H2,(H2,11,13);1H/t9-;/m1./s1. The van der Waals surface area contributed by atoms with Gasteiger partial charge in [-0.05, 0) is 25.5 Å². The molecule has 1 aromatic rings. The number of rotatable bonds is 1. The number of nitrogen functional groups attached to an aromatic ring is 1. The summed E-state index contributed by atoms with van der Waals surface area (Å²) in [5, 5.41) is 3.46. The summed E-state index contributed by atoms with van der Waals surface area (Å²) < 4.78 is 0. The number of hydrogen-bond acceptors (Lipinski definition) is 3. The molecule has 3 nitrogen and oxygen atoms in total. The Morgan fingerprint density at radius 3 is 2.93 bits per heavy atom. The lowest BCUT2D eigenvalue weighted by molar-refractivity contribution is 0.412. The highest BCUT2D eigenvalue weighted by Crippen LogP contribution is 2.25. The van der Waals surface area contributed by atoms with E-state index in [1.54, 1.807) is 6.20 Å². The monoisotopic (exact) mass is 213 g/mol. The largest absolute Gasteiger partial charge is 0.383 e. The molecule has 1 fully saturated rings. The highest BCUT2D eigenvalue weighted by molar-refractivity contribution is 5.85. The van der Waals surface area contributed by atoms with E-state index < -0.39 is 0 Å². The Labute approximate surface area is 90.5 Å². The quantitative estimate of drug-likeness (QED) is 0.749. The molecule has 1 aliphatic rings. The number of anilines is 1. The molecule has 2 rings (SSSR count). The number of aromatic nitrogens is 1. The summed E-state index contributed by atoms with van der Waals surface area (Å²) in [7, 11) is 0. The zero-order valence-electron chi connectivity index (χ0n) is 8.07. The minimum Gasteiger partial charge on any atom is -0.383 e. The molecular weight excluding hydrogens is 198 g/mol. The Bertz CT molecular complexity index is 284. The van der Waals surface area contributed by atoms with E-state index in [4.69, 9.17) is 5.73 Å². The van der Waals surface area contributed by atoms with Gasteiger partial charge in [0.2, 0.25) is 0 Å². The van der Waals surface area contributed by atoms with Gasteiger partial charge in [0.05, 0.1) is 0 Å². The van der Waals surface area contributed by atoms with E-state index in [0.717, 1.165) is 12.1 Å². The first-order valence-corrected chi connectivity index (χ1v) is 4.81. The fourth-order valence-electron chi connectivity index (χ4n) is 1.84. The van der Waals surface area contributed by atoms with Crippen LogP contribution in [0, 0.1) is 0 Å². The van der Waals surface area contributed by atoms with Gasteiger partial charge >= 0.3 is 0 Å². The predicted molar refractivity (Wildman–Crippen MR) is 60.5 cm³/mol. The maximum atomic E-state index is 5.80. The van der Waals surface area contributed by atoms with Crippen molar-refractivity contribution in [3.8, 4) is 0 Å². The second kappa shape index (κ2) is 5.17. The van der Waals surface area contributed by atoms with Crippen LogP contribution in [0.3, 0.4) is 0 Å². The molecule has 78 valence electrons. The minimum atomic E-state index is 0. The van der Waals surface area contributed by atoms with Crippen molar-refractivity contribution in [2.75, 3.05) is 12.3 Å². The van der Waals surface area contributed by atoms with Crippen molar-refractivity contribution in [2.24, 2.45) is 0 Å². The molecule has 1 atom stereocenters. The Hall–Kier alpha value is -0.800. The number of nitrogens with zero attached hydrogens (tertiary/aromatic N) is 1. The van der Waals surface area contributed by atoms with Crippen molar-refractivity contribution >= 4 is 18.2 Å². The van der Waals surface area contributed by atoms with Crippen molar-refractivity contribution in [1.82, 2.24) is 10.3 Å². The Morgan fingerprint density at radius 1 is 1.43 bits per heavy atom. The maximum absolute atomic E-state index is 5.80. The van der Waals surface area contributed by atoms with Crippen LogP contribution < -0.4 is 11.1 Å². The van der Waals surface area contributed by atoms with E-state index >= 15 is 0 Å². The number of piperidine rings is 1. The number of halogens is 1. The average molecular weight is 214 g/mol. The molecule has 0 unspecified atom stereocenters. The van der Waals surface area contributed by atoms with Crippen LogP contribution in [-0.2, 0) is 0 Å². The number of nitrogens with two attached hydrogens (primary N) is 1. The van der Waals surface area contributed by atoms with Gasteiger partial charge in [-0.15, -0.1) is 12.4 Å². The number of nitrogens with one attached hydrogen (secondary N) is 1. The normalized spacial score (nSPS) is 21.3. The summed E-state index contributed by atoms with van der Waals surface area (Å²) in [4.78, 5) is 4.09. The van der Waals surface area contributed by atoms with E-state index in [2.05, 4.69) is 16.4 Å². The molecule has 1 aliphatic heterocycles. The third-order valence-electron chi connectivity index (χ3n) is 2.56. The van der Waals surface area contributed by atoms with Crippen LogP contribution in [0.2, 0.25) is 0 Å². The van der Waals surface area contributed by atoms with Crippen LogP contribution in [0.5, 0.6) is 0 Å². The van der Waals surface area contributed by atoms with Gasteiger partial charge in [-0.1, -0.05) is 12.5 Å². The van der Waals surface area contributed by atoms with E-state index in [1.165, 1.54) is 19.3 Å². The minimum absolute atomic E-state index is 0. The molecule has 0 bridgehead atoms. The molecule has 0 aliphatic carbocycles. The molecule has 1 saturated heterocycles. The Balaban J connectivity index is 0.000000980. The topological polar surface area (TPSA) is 50.9 Å². The van der Waals surface area contributed by atoms with Gasteiger partial charge in [0.25, 0.3) is 0 Å². The molecule has 0 spiro atoms. The molecule has 2 heterocycles. The van der Waals surface area contributed by atoms with Crippen LogP contribution in [0.15, 0.2) is 18.3 Å². The molecule has 4 heteroatoms. The molecule has 1 aromatic heterocycles. The first kappa shape index (κ1) is 11.3. The highest BCUT2D eigenvalue weighted by Gasteiger charge is 2.16. The molecule has 0 saturated carbocycles. The summed E-state index contributed by atoms with van der Waals surface area (Å²) in [6.07, 6.45) is 5.47. The average Bonchev–Trinajstić information content (AvgIpc) is 2.20. The second-order valence-electron chi connectivity index (χ2n) is 3.48. The smallest absolute Gasteiger partial charge is 0.128 e. The van der Waals surface area contributed by atoms with Crippen molar-refractivity contribution < 1.29 is 0 Å². The van der Waals surface area contributed by atoms with Gasteiger partial charge in [-0.2, -0.15) is 0 Å². The van der Waals surface area contributed by atoms with E-state index in [-0.39, 0.29) is 12.4 Å². The van der Waals surface area contributed by atoms with Crippen LogP contribution in [-0.4, -0.2) is 11.5 Å². The first-order valence-electron chi connectivity index (χ1n) is 4.81. The van der Waals surface area contributed by atoms with Crippen LogP contribution in [0.1, 0.15) is 30.9 Å². The molecule has 0 radical (unpaired) electrons. The fourth-order valence-corrected chi connectivity index (χ4v) is 1.84. The third-order valence-corrected chi connectivity index (χ3v) is 2.56. The second-order valence-corrected chi connectivity index (χ2v) is 3.48. The van der Waals surface area contributed by atoms with Crippen LogP contribution >= 0.6 is 12.4 Å². The molecule has 3 N–H and O–H groups in total. The zero-order valence-corrected chi connectivity index (χ0v) is 8.89. The predicted octanol–water partition coefficient (Wildman–Crippen LogP) is 1.90. The van der Waals surface area contributed by atoms with Crippen LogP contribution in [0.4, 0.5) is 5.82 Å². The van der Waals surface area contributed by atoms with Gasteiger partial charge in [0.15, 0.2) is 0 Å². The van der Waals surface area contributed by atoms with E-state index in [9.17, 15) is 0 Å². The van der Waals surface area contributed by atoms with Crippen molar-refractivity contribution in [3.05, 3.63) is 23.9 Å². The van der Waals surface area contributed by atoms with E-state index in [1.807, 2.05) is 6.07 Å². The maximum Gasteiger partial charge on any atom is 0.128 e. The molecule has 0 aromatic carbocycles. The SMILES string of the molecule is Cl.Nc1ncccc1[C@H]1CCCCN1. The van der Waals surface area contributed by atoms with Crippen molar-refractivity contribution in [2.45, 2.75) is 25.3 Å². The van der Waals surface area contributed by atoms with Gasteiger partial charge in [-0.3, -0.25) is 0 Å². The summed E-state index contributed by atoms with van der Waals surface area (Å²) in [6, 6.07) is 4.43. The zero-order chi connectivity index (χ0) is 9.10. The Kier molecular flexibility index (Phi) is 4.17. The fraction of sp³-hybridized carbons (Fsp3) is 0.500. The Morgan fingerprint density at radius 2 is 2.29 bits per heavy atom. The first-order chi connectivity index (χ1) is 6.38. The lowest BCUT2D eigenvalue weighted by Gasteiger charge is -2.24. The lowest BCUT2D eigenvalue weighted by Crippen LogP contribution is -2.27. The molecular formula is C10H16ClN3. The van der Waals surface area contributed by atoms with E-state index in [0.29, 0.717) is 11.9 Å². The number of hydrogen-bond donors (Lipinski definition) is 2. The van der Waals surface area contributed by atoms with Gasteiger partial charge in [0.1, 0.15) is 5.82 Å².